The van der Waals surface area contributed by atoms with Crippen molar-refractivity contribution in [2.24, 2.45) is 0 Å². The lowest BCUT2D eigenvalue weighted by molar-refractivity contribution is 0.0563. The van der Waals surface area contributed by atoms with Gasteiger partial charge >= 0.3 is 11.9 Å². The van der Waals surface area contributed by atoms with Crippen LogP contribution in [0.15, 0.2) is 15.4 Å². The van der Waals surface area contributed by atoms with Crippen molar-refractivity contribution in [3.63, 3.8) is 0 Å². The van der Waals surface area contributed by atoms with Gasteiger partial charge in [0.25, 0.3) is 10.0 Å². The Morgan fingerprint density at radius 3 is 2.73 bits per heavy atom. The third-order valence-electron chi connectivity index (χ3n) is 1.81. The lowest BCUT2D eigenvalue weighted by Gasteiger charge is -1.94. The largest absolute Gasteiger partial charge is 0.463 e. The summed E-state index contributed by atoms with van der Waals surface area (Å²) in [6, 6.07) is 0.953. The third kappa shape index (κ3) is 1.30. The van der Waals surface area contributed by atoms with Crippen molar-refractivity contribution in [3.05, 3.63) is 17.6 Å². The minimum absolute atomic E-state index is 0.319. The number of hydrogen-bond acceptors (Lipinski definition) is 6. The third-order valence-corrected chi connectivity index (χ3v) is 3.14. The number of rotatable bonds is 1. The van der Waals surface area contributed by atoms with Crippen LogP contribution in [-0.4, -0.2) is 27.4 Å². The van der Waals surface area contributed by atoms with E-state index in [1.807, 2.05) is 0 Å². The zero-order valence-electron chi connectivity index (χ0n) is 7.44. The molecule has 1 aliphatic heterocycles. The van der Waals surface area contributed by atoms with Gasteiger partial charge in [0.05, 0.1) is 7.11 Å². The van der Waals surface area contributed by atoms with Gasteiger partial charge in [-0.1, -0.05) is 0 Å². The standard InChI is InChI=1S/C7H5NO6S/c1-13-7(10)3-2-4-5(14-3)6(9)8-15(4,11)12/h2H,1H3,(H,8,9). The number of fused-ring (bicyclic) bond motifs is 1. The molecule has 8 heteroatoms. The average Bonchev–Trinajstić information content (AvgIpc) is 2.67. The molecule has 1 aliphatic rings. The number of methoxy groups -OCH3 is 1. The molecule has 0 aromatic carbocycles. The zero-order valence-corrected chi connectivity index (χ0v) is 8.25. The van der Waals surface area contributed by atoms with Gasteiger partial charge in [-0.3, -0.25) is 4.79 Å². The summed E-state index contributed by atoms with van der Waals surface area (Å²) in [6.45, 7) is 0. The van der Waals surface area contributed by atoms with Crippen LogP contribution in [0, 0.1) is 0 Å². The molecule has 0 unspecified atom stereocenters. The molecule has 2 heterocycles. The maximum atomic E-state index is 11.2. The maximum absolute atomic E-state index is 11.2. The Bertz CT molecular complexity index is 554. The summed E-state index contributed by atoms with van der Waals surface area (Å²) in [5, 5.41) is 0. The van der Waals surface area contributed by atoms with Crippen molar-refractivity contribution in [2.45, 2.75) is 4.90 Å². The normalized spacial score (nSPS) is 17.0. The predicted molar refractivity (Wildman–Crippen MR) is 44.7 cm³/mol. The van der Waals surface area contributed by atoms with Crippen molar-refractivity contribution in [1.29, 1.82) is 0 Å². The van der Waals surface area contributed by atoms with Crippen molar-refractivity contribution in [3.8, 4) is 0 Å². The van der Waals surface area contributed by atoms with E-state index in [1.165, 1.54) is 0 Å². The molecule has 7 nitrogen and oxygen atoms in total. The van der Waals surface area contributed by atoms with Crippen LogP contribution in [0.4, 0.5) is 0 Å². The topological polar surface area (TPSA) is 103 Å². The van der Waals surface area contributed by atoms with Gasteiger partial charge < -0.3 is 9.15 Å². The van der Waals surface area contributed by atoms with Gasteiger partial charge in [0.2, 0.25) is 11.5 Å². The molecule has 15 heavy (non-hydrogen) atoms. The first kappa shape index (κ1) is 9.71. The van der Waals surface area contributed by atoms with Crippen LogP contribution in [0.3, 0.4) is 0 Å². The summed E-state index contributed by atoms with van der Waals surface area (Å²) < 4.78 is 33.3. The molecule has 1 amide bonds. The van der Waals surface area contributed by atoms with E-state index < -0.39 is 27.7 Å². The molecule has 0 saturated carbocycles. The molecule has 1 aromatic heterocycles. The van der Waals surface area contributed by atoms with Crippen LogP contribution in [0.5, 0.6) is 0 Å². The van der Waals surface area contributed by atoms with Crippen LogP contribution in [-0.2, 0) is 14.8 Å². The highest BCUT2D eigenvalue weighted by Crippen LogP contribution is 2.26. The quantitative estimate of drug-likeness (QED) is 0.653. The summed E-state index contributed by atoms with van der Waals surface area (Å²) in [5.41, 5.74) is 0. The maximum Gasteiger partial charge on any atom is 0.374 e. The molecule has 1 N–H and O–H groups in total. The lowest BCUT2D eigenvalue weighted by atomic mass is 10.4. The number of esters is 1. The molecule has 80 valence electrons. The fourth-order valence-electron chi connectivity index (χ4n) is 1.16. The number of ether oxygens (including phenoxy) is 1. The molecule has 0 saturated heterocycles. The van der Waals surface area contributed by atoms with Crippen LogP contribution >= 0.6 is 0 Å². The number of amides is 1. The van der Waals surface area contributed by atoms with Crippen LogP contribution in [0.2, 0.25) is 0 Å². The molecule has 0 fully saturated rings. The predicted octanol–water partition coefficient (Wildman–Crippen LogP) is -0.502. The molecule has 2 rings (SSSR count). The summed E-state index contributed by atoms with van der Waals surface area (Å²) in [6.07, 6.45) is 0. The Morgan fingerprint density at radius 2 is 2.20 bits per heavy atom. The molecular weight excluding hydrogens is 226 g/mol. The van der Waals surface area contributed by atoms with Gasteiger partial charge in [-0.2, -0.15) is 0 Å². The summed E-state index contributed by atoms with van der Waals surface area (Å²) >= 11 is 0. The van der Waals surface area contributed by atoms with E-state index in [9.17, 15) is 18.0 Å². The van der Waals surface area contributed by atoms with E-state index in [0.29, 0.717) is 0 Å². The summed E-state index contributed by atoms with van der Waals surface area (Å²) in [7, 11) is -2.76. The Morgan fingerprint density at radius 1 is 1.53 bits per heavy atom. The van der Waals surface area contributed by atoms with E-state index in [2.05, 4.69) is 4.74 Å². The van der Waals surface area contributed by atoms with E-state index >= 15 is 0 Å². The minimum Gasteiger partial charge on any atom is -0.463 e. The van der Waals surface area contributed by atoms with Crippen molar-refractivity contribution < 1.29 is 27.2 Å². The fraction of sp³-hybridized carbons (Fsp3) is 0.143. The van der Waals surface area contributed by atoms with E-state index in [4.69, 9.17) is 4.42 Å². The second kappa shape index (κ2) is 2.83. The van der Waals surface area contributed by atoms with Crippen LogP contribution < -0.4 is 4.72 Å². The Labute approximate surface area is 84.1 Å². The number of carbonyl (C=O) groups excluding carboxylic acids is 2. The molecule has 0 radical (unpaired) electrons. The number of nitrogens with one attached hydrogen (secondary N) is 1. The van der Waals surface area contributed by atoms with Gasteiger partial charge in [0.15, 0.2) is 0 Å². The number of furan rings is 1. The average molecular weight is 231 g/mol. The number of hydrogen-bond donors (Lipinski definition) is 1. The molecular formula is C7H5NO6S. The van der Waals surface area contributed by atoms with Gasteiger partial charge in [-0.25, -0.2) is 17.9 Å². The van der Waals surface area contributed by atoms with Crippen molar-refractivity contribution >= 4 is 21.9 Å². The molecule has 0 spiro atoms. The highest BCUT2D eigenvalue weighted by Gasteiger charge is 2.38. The highest BCUT2D eigenvalue weighted by molar-refractivity contribution is 7.90. The molecule has 0 atom stereocenters. The first-order valence-corrected chi connectivity index (χ1v) is 5.23. The number of sulfonamides is 1. The monoisotopic (exact) mass is 231 g/mol. The summed E-state index contributed by atoms with van der Waals surface area (Å²) in [5.74, 6) is -2.44. The molecule has 1 aromatic rings. The van der Waals surface area contributed by atoms with Gasteiger partial charge in [0.1, 0.15) is 4.90 Å². The Hall–Kier alpha value is -1.83. The van der Waals surface area contributed by atoms with Crippen molar-refractivity contribution in [2.75, 3.05) is 7.11 Å². The van der Waals surface area contributed by atoms with Gasteiger partial charge in [0, 0.05) is 6.07 Å². The van der Waals surface area contributed by atoms with E-state index in [0.717, 1.165) is 13.2 Å². The second-order valence-electron chi connectivity index (χ2n) is 2.73. The smallest absolute Gasteiger partial charge is 0.374 e. The summed E-state index contributed by atoms with van der Waals surface area (Å²) in [4.78, 5) is 21.7. The zero-order chi connectivity index (χ0) is 11.2. The first-order valence-electron chi connectivity index (χ1n) is 3.75. The Kier molecular flexibility index (Phi) is 1.83. The minimum atomic E-state index is -3.88. The number of carbonyl (C=O) groups is 2. The highest BCUT2D eigenvalue weighted by atomic mass is 32.2. The van der Waals surface area contributed by atoms with Gasteiger partial charge in [-0.05, 0) is 0 Å². The Balaban J connectivity index is 2.60. The van der Waals surface area contributed by atoms with E-state index in [-0.39, 0.29) is 10.7 Å². The van der Waals surface area contributed by atoms with E-state index in [1.54, 1.807) is 4.72 Å². The molecule has 0 bridgehead atoms. The molecule has 0 aliphatic carbocycles. The van der Waals surface area contributed by atoms with Crippen molar-refractivity contribution in [1.82, 2.24) is 4.72 Å². The van der Waals surface area contributed by atoms with Gasteiger partial charge in [-0.15, -0.1) is 0 Å². The lowest BCUT2D eigenvalue weighted by Crippen LogP contribution is -2.21. The van der Waals surface area contributed by atoms with Crippen LogP contribution in [0.1, 0.15) is 21.1 Å². The fourth-order valence-corrected chi connectivity index (χ4v) is 2.24. The van der Waals surface area contributed by atoms with Crippen LogP contribution in [0.25, 0.3) is 0 Å². The SMILES string of the molecule is COC(=O)c1cc2c(o1)C(=O)NS2(=O)=O. The first-order chi connectivity index (χ1) is 6.95. The second-order valence-corrected chi connectivity index (χ2v) is 4.38.